The van der Waals surface area contributed by atoms with Crippen LogP contribution in [-0.2, 0) is 4.74 Å². The topological polar surface area (TPSA) is 58.9 Å². The summed E-state index contributed by atoms with van der Waals surface area (Å²) in [6.07, 6.45) is 1.62. The van der Waals surface area contributed by atoms with Crippen LogP contribution in [0.5, 0.6) is 0 Å². The Balaban J connectivity index is 2.56. The van der Waals surface area contributed by atoms with E-state index in [1.54, 1.807) is 0 Å². The van der Waals surface area contributed by atoms with E-state index in [2.05, 4.69) is 5.18 Å². The lowest BCUT2D eigenvalue weighted by Crippen LogP contribution is -2.41. The van der Waals surface area contributed by atoms with Gasteiger partial charge in [0.25, 0.3) is 0 Å². The van der Waals surface area contributed by atoms with Crippen molar-refractivity contribution >= 4 is 0 Å². The Labute approximate surface area is 71.9 Å². The predicted octanol–water partition coefficient (Wildman–Crippen LogP) is 1.28. The van der Waals surface area contributed by atoms with Crippen LogP contribution in [0.1, 0.15) is 26.2 Å². The maximum Gasteiger partial charge on any atom is 0.165 e. The molecule has 3 unspecified atom stereocenters. The summed E-state index contributed by atoms with van der Waals surface area (Å²) in [5.74, 6) is -0.915. The molecule has 1 aliphatic carbocycles. The summed E-state index contributed by atoms with van der Waals surface area (Å²) >= 11 is 0. The van der Waals surface area contributed by atoms with Crippen LogP contribution in [0.25, 0.3) is 0 Å². The van der Waals surface area contributed by atoms with E-state index in [1.807, 2.05) is 6.92 Å². The first-order valence-corrected chi connectivity index (χ1v) is 4.21. The van der Waals surface area contributed by atoms with Crippen LogP contribution in [0.4, 0.5) is 0 Å². The van der Waals surface area contributed by atoms with Crippen LogP contribution >= 0.6 is 0 Å². The number of rotatable bonds is 2. The zero-order chi connectivity index (χ0) is 9.19. The summed E-state index contributed by atoms with van der Waals surface area (Å²) in [6.45, 7) is 1.91. The number of ether oxygens (including phenoxy) is 1. The lowest BCUT2D eigenvalue weighted by molar-refractivity contribution is -0.212. The highest BCUT2D eigenvalue weighted by Gasteiger charge is 2.38. The molecule has 0 spiro atoms. The van der Waals surface area contributed by atoms with Gasteiger partial charge in [0.05, 0.1) is 6.04 Å². The third-order valence-electron chi connectivity index (χ3n) is 2.64. The zero-order valence-corrected chi connectivity index (χ0v) is 7.49. The summed E-state index contributed by atoms with van der Waals surface area (Å²) in [4.78, 5) is 10.3. The van der Waals surface area contributed by atoms with Gasteiger partial charge in [0.1, 0.15) is 0 Å². The summed E-state index contributed by atoms with van der Waals surface area (Å²) in [7, 11) is 1.49. The minimum atomic E-state index is -1.03. The first kappa shape index (κ1) is 9.61. The highest BCUT2D eigenvalue weighted by molar-refractivity contribution is 4.86. The van der Waals surface area contributed by atoms with Crippen molar-refractivity contribution in [1.29, 1.82) is 0 Å². The smallest absolute Gasteiger partial charge is 0.165 e. The number of hydrogen-bond donors (Lipinski definition) is 1. The molecule has 70 valence electrons. The number of nitroso groups, excluding NO2 is 1. The maximum absolute atomic E-state index is 10.3. The van der Waals surface area contributed by atoms with Crippen molar-refractivity contribution in [3.8, 4) is 0 Å². The molecule has 0 aromatic rings. The van der Waals surface area contributed by atoms with Gasteiger partial charge in [0.15, 0.2) is 5.79 Å². The number of aliphatic hydroxyl groups is 1. The van der Waals surface area contributed by atoms with E-state index in [1.165, 1.54) is 7.11 Å². The second kappa shape index (κ2) is 3.49. The van der Waals surface area contributed by atoms with Crippen LogP contribution in [0.2, 0.25) is 0 Å². The molecule has 3 atom stereocenters. The Hall–Kier alpha value is -0.480. The highest BCUT2D eigenvalue weighted by atomic mass is 16.6. The van der Waals surface area contributed by atoms with Gasteiger partial charge in [-0.25, -0.2) is 0 Å². The summed E-state index contributed by atoms with van der Waals surface area (Å²) in [6, 6.07) is -0.152. The highest BCUT2D eigenvalue weighted by Crippen LogP contribution is 2.34. The van der Waals surface area contributed by atoms with Crippen molar-refractivity contribution in [2.45, 2.75) is 38.0 Å². The van der Waals surface area contributed by atoms with Crippen LogP contribution < -0.4 is 0 Å². The standard InChI is InChI=1S/C8H15NO3/c1-6-5-8(10,12-2)4-3-7(6)9-11/h6-7,10H,3-5H2,1-2H3. The first-order chi connectivity index (χ1) is 5.61. The van der Waals surface area contributed by atoms with Gasteiger partial charge in [-0.2, -0.15) is 4.91 Å². The third-order valence-corrected chi connectivity index (χ3v) is 2.64. The molecule has 0 bridgehead atoms. The summed E-state index contributed by atoms with van der Waals surface area (Å²) < 4.78 is 4.95. The summed E-state index contributed by atoms with van der Waals surface area (Å²) in [5, 5.41) is 12.7. The zero-order valence-electron chi connectivity index (χ0n) is 7.49. The molecule has 4 heteroatoms. The molecule has 1 rings (SSSR count). The quantitative estimate of drug-likeness (QED) is 0.505. The second-order valence-corrected chi connectivity index (χ2v) is 3.54. The maximum atomic E-state index is 10.3. The van der Waals surface area contributed by atoms with Crippen molar-refractivity contribution in [2.24, 2.45) is 11.1 Å². The minimum Gasteiger partial charge on any atom is -0.365 e. The van der Waals surface area contributed by atoms with E-state index < -0.39 is 5.79 Å². The van der Waals surface area contributed by atoms with E-state index in [9.17, 15) is 10.0 Å². The van der Waals surface area contributed by atoms with E-state index >= 15 is 0 Å². The van der Waals surface area contributed by atoms with Crippen molar-refractivity contribution in [2.75, 3.05) is 7.11 Å². The van der Waals surface area contributed by atoms with Crippen molar-refractivity contribution in [3.05, 3.63) is 4.91 Å². The Morgan fingerprint density at radius 1 is 1.67 bits per heavy atom. The fourth-order valence-corrected chi connectivity index (χ4v) is 1.74. The van der Waals surface area contributed by atoms with E-state index in [0.717, 1.165) is 0 Å². The lowest BCUT2D eigenvalue weighted by Gasteiger charge is -2.36. The van der Waals surface area contributed by atoms with Gasteiger partial charge < -0.3 is 9.84 Å². The van der Waals surface area contributed by atoms with E-state index in [4.69, 9.17) is 4.74 Å². The second-order valence-electron chi connectivity index (χ2n) is 3.54. The number of nitrogens with zero attached hydrogens (tertiary/aromatic N) is 1. The molecule has 1 saturated carbocycles. The van der Waals surface area contributed by atoms with Gasteiger partial charge in [0.2, 0.25) is 0 Å². The molecule has 0 aromatic carbocycles. The molecular formula is C8H15NO3. The van der Waals surface area contributed by atoms with Gasteiger partial charge in [-0.05, 0) is 12.3 Å². The van der Waals surface area contributed by atoms with Crippen LogP contribution in [0.15, 0.2) is 5.18 Å². The molecule has 0 heterocycles. The molecule has 4 nitrogen and oxygen atoms in total. The molecule has 12 heavy (non-hydrogen) atoms. The van der Waals surface area contributed by atoms with Gasteiger partial charge in [0, 0.05) is 20.0 Å². The SMILES string of the molecule is COC1(O)CCC(N=O)C(C)C1. The molecule has 0 saturated heterocycles. The first-order valence-electron chi connectivity index (χ1n) is 4.21. The minimum absolute atomic E-state index is 0.112. The predicted molar refractivity (Wildman–Crippen MR) is 44.6 cm³/mol. The van der Waals surface area contributed by atoms with Gasteiger partial charge in [-0.15, -0.1) is 0 Å². The van der Waals surface area contributed by atoms with E-state index in [0.29, 0.717) is 19.3 Å². The molecular weight excluding hydrogens is 158 g/mol. The monoisotopic (exact) mass is 173 g/mol. The average molecular weight is 173 g/mol. The molecule has 1 fully saturated rings. The average Bonchev–Trinajstić information content (AvgIpc) is 2.05. The number of hydrogen-bond acceptors (Lipinski definition) is 4. The fourth-order valence-electron chi connectivity index (χ4n) is 1.74. The molecule has 0 aliphatic heterocycles. The molecule has 1 aliphatic rings. The van der Waals surface area contributed by atoms with Gasteiger partial charge in [-0.1, -0.05) is 12.1 Å². The van der Waals surface area contributed by atoms with Crippen molar-refractivity contribution in [3.63, 3.8) is 0 Å². The lowest BCUT2D eigenvalue weighted by atomic mass is 9.82. The normalized spacial score (nSPS) is 42.6. The van der Waals surface area contributed by atoms with E-state index in [-0.39, 0.29) is 12.0 Å². The van der Waals surface area contributed by atoms with Crippen molar-refractivity contribution in [1.82, 2.24) is 0 Å². The number of methoxy groups -OCH3 is 1. The molecule has 0 radical (unpaired) electrons. The Bertz CT molecular complexity index is 174. The third kappa shape index (κ3) is 1.81. The van der Waals surface area contributed by atoms with Crippen LogP contribution in [0, 0.1) is 10.8 Å². The molecule has 1 N–H and O–H groups in total. The fraction of sp³-hybridized carbons (Fsp3) is 1.00. The molecule has 0 aromatic heterocycles. The molecule has 0 amide bonds. The van der Waals surface area contributed by atoms with Crippen LogP contribution in [0.3, 0.4) is 0 Å². The van der Waals surface area contributed by atoms with Gasteiger partial charge in [-0.3, -0.25) is 0 Å². The summed E-state index contributed by atoms with van der Waals surface area (Å²) in [5.41, 5.74) is 0. The Morgan fingerprint density at radius 3 is 2.75 bits per heavy atom. The van der Waals surface area contributed by atoms with Crippen molar-refractivity contribution < 1.29 is 9.84 Å². The Kier molecular flexibility index (Phi) is 2.80. The van der Waals surface area contributed by atoms with Gasteiger partial charge >= 0.3 is 0 Å². The Morgan fingerprint density at radius 2 is 2.33 bits per heavy atom. The van der Waals surface area contributed by atoms with Crippen LogP contribution in [-0.4, -0.2) is 24.0 Å². The largest absolute Gasteiger partial charge is 0.365 e.